The lowest BCUT2D eigenvalue weighted by atomic mass is 9.94. The summed E-state index contributed by atoms with van der Waals surface area (Å²) in [7, 11) is 0. The van der Waals surface area contributed by atoms with Crippen molar-refractivity contribution in [3.05, 3.63) is 65.4 Å². The van der Waals surface area contributed by atoms with E-state index < -0.39 is 11.4 Å². The standard InChI is InChI=1S/C16H14FNO2/c1-10-3-4-14-11(5-10)6-15(20-14)16(2,19)12-7-13(17)9-18-8-12/h3-9,19H,1-2H3. The summed E-state index contributed by atoms with van der Waals surface area (Å²) in [6.07, 6.45) is 2.53. The molecule has 1 N–H and O–H groups in total. The van der Waals surface area contributed by atoms with Crippen molar-refractivity contribution in [3.63, 3.8) is 0 Å². The molecule has 0 amide bonds. The average Bonchev–Trinajstić information content (AvgIpc) is 2.82. The van der Waals surface area contributed by atoms with Crippen LogP contribution in [-0.2, 0) is 5.60 Å². The summed E-state index contributed by atoms with van der Waals surface area (Å²) < 4.78 is 18.9. The van der Waals surface area contributed by atoms with Crippen molar-refractivity contribution in [2.24, 2.45) is 0 Å². The minimum Gasteiger partial charge on any atom is -0.458 e. The molecule has 0 bridgehead atoms. The minimum atomic E-state index is -1.43. The third kappa shape index (κ3) is 2.08. The first-order chi connectivity index (χ1) is 9.46. The molecule has 3 aromatic rings. The number of aliphatic hydroxyl groups is 1. The maximum atomic E-state index is 13.3. The molecule has 0 saturated heterocycles. The van der Waals surface area contributed by atoms with Gasteiger partial charge >= 0.3 is 0 Å². The van der Waals surface area contributed by atoms with Gasteiger partial charge in [0, 0.05) is 17.1 Å². The van der Waals surface area contributed by atoms with Gasteiger partial charge in [-0.05, 0) is 38.1 Å². The van der Waals surface area contributed by atoms with Gasteiger partial charge < -0.3 is 9.52 Å². The van der Waals surface area contributed by atoms with Gasteiger partial charge in [-0.25, -0.2) is 4.39 Å². The lowest BCUT2D eigenvalue weighted by molar-refractivity contribution is 0.0779. The van der Waals surface area contributed by atoms with Gasteiger partial charge in [0.25, 0.3) is 0 Å². The van der Waals surface area contributed by atoms with Crippen molar-refractivity contribution < 1.29 is 13.9 Å². The average molecular weight is 271 g/mol. The molecule has 0 aliphatic carbocycles. The number of halogens is 1. The molecule has 4 heteroatoms. The van der Waals surface area contributed by atoms with Crippen LogP contribution in [0, 0.1) is 12.7 Å². The zero-order valence-electron chi connectivity index (χ0n) is 11.2. The SMILES string of the molecule is Cc1ccc2oc(C(C)(O)c3cncc(F)c3)cc2c1. The zero-order chi connectivity index (χ0) is 14.3. The Morgan fingerprint density at radius 1 is 1.20 bits per heavy atom. The van der Waals surface area contributed by atoms with Crippen LogP contribution in [0.3, 0.4) is 0 Å². The van der Waals surface area contributed by atoms with E-state index in [9.17, 15) is 9.50 Å². The Balaban J connectivity index is 2.13. The van der Waals surface area contributed by atoms with Crippen LogP contribution in [-0.4, -0.2) is 10.1 Å². The summed E-state index contributed by atoms with van der Waals surface area (Å²) in [5.74, 6) is -0.125. The second-order valence-electron chi connectivity index (χ2n) is 5.12. The first-order valence-corrected chi connectivity index (χ1v) is 6.31. The molecular weight excluding hydrogens is 257 g/mol. The highest BCUT2D eigenvalue weighted by molar-refractivity contribution is 5.79. The van der Waals surface area contributed by atoms with Gasteiger partial charge in [-0.1, -0.05) is 11.6 Å². The van der Waals surface area contributed by atoms with Gasteiger partial charge in [0.05, 0.1) is 6.20 Å². The zero-order valence-corrected chi connectivity index (χ0v) is 11.2. The summed E-state index contributed by atoms with van der Waals surface area (Å²) in [5, 5.41) is 11.6. The highest BCUT2D eigenvalue weighted by Crippen LogP contribution is 2.33. The number of aromatic nitrogens is 1. The Morgan fingerprint density at radius 2 is 2.00 bits per heavy atom. The van der Waals surface area contributed by atoms with Crippen molar-refractivity contribution in [3.8, 4) is 0 Å². The van der Waals surface area contributed by atoms with Crippen LogP contribution in [0.4, 0.5) is 4.39 Å². The maximum Gasteiger partial charge on any atom is 0.146 e. The second kappa shape index (κ2) is 4.42. The number of aryl methyl sites for hydroxylation is 1. The maximum absolute atomic E-state index is 13.3. The van der Waals surface area contributed by atoms with Crippen LogP contribution in [0.2, 0.25) is 0 Å². The van der Waals surface area contributed by atoms with Gasteiger partial charge in [-0.15, -0.1) is 0 Å². The fourth-order valence-electron chi connectivity index (χ4n) is 2.22. The molecule has 1 unspecified atom stereocenters. The summed E-state index contributed by atoms with van der Waals surface area (Å²) >= 11 is 0. The van der Waals surface area contributed by atoms with Crippen molar-refractivity contribution in [2.75, 3.05) is 0 Å². The number of nitrogens with zero attached hydrogens (tertiary/aromatic N) is 1. The highest BCUT2D eigenvalue weighted by atomic mass is 19.1. The number of pyridine rings is 1. The molecule has 3 rings (SSSR count). The monoisotopic (exact) mass is 271 g/mol. The van der Waals surface area contributed by atoms with Crippen LogP contribution in [0.25, 0.3) is 11.0 Å². The number of furan rings is 1. The van der Waals surface area contributed by atoms with E-state index in [1.807, 2.05) is 25.1 Å². The fraction of sp³-hybridized carbons (Fsp3) is 0.188. The Bertz CT molecular complexity index is 777. The molecule has 2 aromatic heterocycles. The Hall–Kier alpha value is -2.20. The lowest BCUT2D eigenvalue weighted by Crippen LogP contribution is -2.22. The molecule has 0 aliphatic heterocycles. The van der Waals surface area contributed by atoms with Crippen molar-refractivity contribution in [2.45, 2.75) is 19.4 Å². The summed E-state index contributed by atoms with van der Waals surface area (Å²) in [5.41, 5.74) is 0.725. The molecule has 0 radical (unpaired) electrons. The van der Waals surface area contributed by atoms with E-state index in [0.29, 0.717) is 16.9 Å². The van der Waals surface area contributed by atoms with E-state index in [4.69, 9.17) is 4.42 Å². The summed E-state index contributed by atoms with van der Waals surface area (Å²) in [4.78, 5) is 3.77. The second-order valence-corrected chi connectivity index (χ2v) is 5.12. The summed E-state index contributed by atoms with van der Waals surface area (Å²) in [6, 6.07) is 8.79. The minimum absolute atomic E-state index is 0.355. The molecule has 0 aliphatic rings. The molecule has 2 heterocycles. The topological polar surface area (TPSA) is 46.3 Å². The Kier molecular flexibility index (Phi) is 2.83. The number of fused-ring (bicyclic) bond motifs is 1. The molecule has 3 nitrogen and oxygen atoms in total. The number of rotatable bonds is 2. The first kappa shape index (κ1) is 12.8. The van der Waals surface area contributed by atoms with Crippen molar-refractivity contribution >= 4 is 11.0 Å². The molecule has 20 heavy (non-hydrogen) atoms. The van der Waals surface area contributed by atoms with Gasteiger partial charge in [0.2, 0.25) is 0 Å². The van der Waals surface area contributed by atoms with Gasteiger partial charge in [-0.3, -0.25) is 4.98 Å². The van der Waals surface area contributed by atoms with E-state index in [2.05, 4.69) is 4.98 Å². The Labute approximate surface area is 115 Å². The van der Waals surface area contributed by atoms with Crippen LogP contribution in [0.5, 0.6) is 0 Å². The molecule has 0 fully saturated rings. The quantitative estimate of drug-likeness (QED) is 0.775. The third-order valence-corrected chi connectivity index (χ3v) is 3.42. The number of benzene rings is 1. The first-order valence-electron chi connectivity index (χ1n) is 6.31. The molecule has 102 valence electrons. The fourth-order valence-corrected chi connectivity index (χ4v) is 2.22. The van der Waals surface area contributed by atoms with E-state index >= 15 is 0 Å². The van der Waals surface area contributed by atoms with Crippen LogP contribution in [0.1, 0.15) is 23.8 Å². The van der Waals surface area contributed by atoms with Crippen LogP contribution < -0.4 is 0 Å². The van der Waals surface area contributed by atoms with Gasteiger partial charge in [0.15, 0.2) is 0 Å². The third-order valence-electron chi connectivity index (χ3n) is 3.42. The van der Waals surface area contributed by atoms with Gasteiger partial charge in [0.1, 0.15) is 22.8 Å². The predicted octanol–water partition coefficient (Wildman–Crippen LogP) is 3.53. The van der Waals surface area contributed by atoms with E-state index in [1.165, 1.54) is 12.3 Å². The number of hydrogen-bond acceptors (Lipinski definition) is 3. The van der Waals surface area contributed by atoms with Gasteiger partial charge in [-0.2, -0.15) is 0 Å². The number of hydrogen-bond donors (Lipinski definition) is 1. The van der Waals surface area contributed by atoms with E-state index in [-0.39, 0.29) is 0 Å². The predicted molar refractivity (Wildman–Crippen MR) is 73.8 cm³/mol. The largest absolute Gasteiger partial charge is 0.458 e. The molecule has 0 saturated carbocycles. The van der Waals surface area contributed by atoms with Crippen LogP contribution >= 0.6 is 0 Å². The normalized spacial score (nSPS) is 14.4. The highest BCUT2D eigenvalue weighted by Gasteiger charge is 2.30. The molecule has 1 atom stereocenters. The lowest BCUT2D eigenvalue weighted by Gasteiger charge is -2.20. The van der Waals surface area contributed by atoms with E-state index in [1.54, 1.807) is 13.0 Å². The molecule has 0 spiro atoms. The Morgan fingerprint density at radius 3 is 2.75 bits per heavy atom. The van der Waals surface area contributed by atoms with Crippen molar-refractivity contribution in [1.82, 2.24) is 4.98 Å². The smallest absolute Gasteiger partial charge is 0.146 e. The molecule has 1 aromatic carbocycles. The van der Waals surface area contributed by atoms with Crippen LogP contribution in [0.15, 0.2) is 47.1 Å². The van der Waals surface area contributed by atoms with E-state index in [0.717, 1.165) is 17.1 Å². The van der Waals surface area contributed by atoms with Crippen molar-refractivity contribution in [1.29, 1.82) is 0 Å². The summed E-state index contributed by atoms with van der Waals surface area (Å²) in [6.45, 7) is 3.55. The molecular formula is C16H14FNO2.